The third-order valence-electron chi connectivity index (χ3n) is 2.15. The van der Waals surface area contributed by atoms with Gasteiger partial charge in [0.05, 0.1) is 6.10 Å². The topological polar surface area (TPSA) is 27.1 Å². The van der Waals surface area contributed by atoms with Crippen LogP contribution in [0.15, 0.2) is 12.3 Å². The molecule has 0 bridgehead atoms. The van der Waals surface area contributed by atoms with E-state index in [1.165, 1.54) is 0 Å². The molecule has 0 unspecified atom stereocenters. The number of rotatable bonds is 4. The lowest BCUT2D eigenvalue weighted by Gasteiger charge is -2.17. The lowest BCUT2D eigenvalue weighted by molar-refractivity contribution is 0.204. The van der Waals surface area contributed by atoms with Crippen molar-refractivity contribution < 1.29 is 4.74 Å². The minimum atomic E-state index is 0.239. The summed E-state index contributed by atoms with van der Waals surface area (Å²) in [6.07, 6.45) is 3.22. The maximum atomic E-state index is 5.63. The molecule has 0 saturated carbocycles. The van der Waals surface area contributed by atoms with Gasteiger partial charge in [-0.15, -0.1) is 5.10 Å². The van der Waals surface area contributed by atoms with Crippen molar-refractivity contribution >= 4 is 0 Å². The maximum Gasteiger partial charge on any atom is 0.232 e. The Labute approximate surface area is 92.4 Å². The van der Waals surface area contributed by atoms with Crippen LogP contribution in [0, 0.1) is 5.41 Å². The molecular weight excluding hydrogens is 188 g/mol. The van der Waals surface area contributed by atoms with Crippen molar-refractivity contribution in [2.24, 2.45) is 5.41 Å². The van der Waals surface area contributed by atoms with Gasteiger partial charge in [0, 0.05) is 18.8 Å². The Morgan fingerprint density at radius 3 is 2.67 bits per heavy atom. The molecule has 1 aromatic rings. The van der Waals surface area contributed by atoms with E-state index in [0.29, 0.717) is 0 Å². The molecule has 0 aliphatic heterocycles. The molecule has 1 atom stereocenters. The standard InChI is InChI=1S/C12H22N2O/c1-6-10(2)15-11-7-8-14(13-11)9-12(3,4)5/h7-8,10H,6,9H2,1-5H3/t10-/m0/s1. The van der Waals surface area contributed by atoms with Crippen molar-refractivity contribution in [3.63, 3.8) is 0 Å². The minimum absolute atomic E-state index is 0.239. The molecule has 3 nitrogen and oxygen atoms in total. The van der Waals surface area contributed by atoms with Gasteiger partial charge in [0.1, 0.15) is 0 Å². The first-order chi connectivity index (χ1) is 6.90. The predicted octanol–water partition coefficient (Wildman–Crippen LogP) is 3.11. The third kappa shape index (κ3) is 4.36. The molecule has 0 aromatic carbocycles. The summed E-state index contributed by atoms with van der Waals surface area (Å²) in [6.45, 7) is 11.7. The number of hydrogen-bond donors (Lipinski definition) is 0. The largest absolute Gasteiger partial charge is 0.474 e. The number of aromatic nitrogens is 2. The molecule has 0 aliphatic rings. The fourth-order valence-electron chi connectivity index (χ4n) is 1.27. The van der Waals surface area contributed by atoms with E-state index in [9.17, 15) is 0 Å². The van der Waals surface area contributed by atoms with E-state index < -0.39 is 0 Å². The van der Waals surface area contributed by atoms with Crippen molar-refractivity contribution in [1.29, 1.82) is 0 Å². The zero-order valence-electron chi connectivity index (χ0n) is 10.4. The quantitative estimate of drug-likeness (QED) is 0.763. The van der Waals surface area contributed by atoms with Gasteiger partial charge in [-0.1, -0.05) is 27.7 Å². The van der Waals surface area contributed by atoms with E-state index in [-0.39, 0.29) is 11.5 Å². The van der Waals surface area contributed by atoms with Gasteiger partial charge in [-0.2, -0.15) is 0 Å². The van der Waals surface area contributed by atoms with Crippen molar-refractivity contribution in [3.05, 3.63) is 12.3 Å². The van der Waals surface area contributed by atoms with Crippen LogP contribution in [0.3, 0.4) is 0 Å². The normalized spacial score (nSPS) is 13.9. The number of ether oxygens (including phenoxy) is 1. The molecule has 0 N–H and O–H groups in total. The third-order valence-corrected chi connectivity index (χ3v) is 2.15. The molecular formula is C12H22N2O. The summed E-state index contributed by atoms with van der Waals surface area (Å²) in [5, 5.41) is 4.38. The molecule has 0 amide bonds. The average molecular weight is 210 g/mol. The Kier molecular flexibility index (Phi) is 3.77. The van der Waals surface area contributed by atoms with Gasteiger partial charge in [0.25, 0.3) is 0 Å². The van der Waals surface area contributed by atoms with Gasteiger partial charge in [-0.3, -0.25) is 4.68 Å². The number of nitrogens with zero attached hydrogens (tertiary/aromatic N) is 2. The molecule has 15 heavy (non-hydrogen) atoms. The lowest BCUT2D eigenvalue weighted by atomic mass is 9.97. The molecule has 0 aliphatic carbocycles. The van der Waals surface area contributed by atoms with Crippen LogP contribution in [0.2, 0.25) is 0 Å². The van der Waals surface area contributed by atoms with Crippen LogP contribution < -0.4 is 4.74 Å². The highest BCUT2D eigenvalue weighted by Gasteiger charge is 2.12. The Balaban J connectivity index is 2.56. The predicted molar refractivity (Wildman–Crippen MR) is 62.1 cm³/mol. The summed E-state index contributed by atoms with van der Waals surface area (Å²) in [7, 11) is 0. The highest BCUT2D eigenvalue weighted by Crippen LogP contribution is 2.17. The van der Waals surface area contributed by atoms with Gasteiger partial charge in [-0.25, -0.2) is 0 Å². The van der Waals surface area contributed by atoms with Crippen LogP contribution >= 0.6 is 0 Å². The molecule has 86 valence electrons. The van der Waals surface area contributed by atoms with E-state index in [1.807, 2.05) is 16.9 Å². The van der Waals surface area contributed by atoms with Gasteiger partial charge in [-0.05, 0) is 18.8 Å². The second kappa shape index (κ2) is 4.69. The number of hydrogen-bond acceptors (Lipinski definition) is 2. The average Bonchev–Trinajstić information content (AvgIpc) is 2.49. The summed E-state index contributed by atoms with van der Waals surface area (Å²) < 4.78 is 7.57. The first-order valence-electron chi connectivity index (χ1n) is 5.61. The molecule has 1 rings (SSSR count). The monoisotopic (exact) mass is 210 g/mol. The van der Waals surface area contributed by atoms with Gasteiger partial charge in [0.15, 0.2) is 0 Å². The van der Waals surface area contributed by atoms with Crippen molar-refractivity contribution in [1.82, 2.24) is 9.78 Å². The highest BCUT2D eigenvalue weighted by molar-refractivity contribution is 5.06. The fraction of sp³-hybridized carbons (Fsp3) is 0.750. The SMILES string of the molecule is CC[C@H](C)Oc1ccn(CC(C)(C)C)n1. The zero-order chi connectivity index (χ0) is 11.5. The zero-order valence-corrected chi connectivity index (χ0v) is 10.4. The van der Waals surface area contributed by atoms with Crippen molar-refractivity contribution in [2.75, 3.05) is 0 Å². The molecule has 1 aromatic heterocycles. The summed E-state index contributed by atoms with van der Waals surface area (Å²) in [5.41, 5.74) is 0.250. The Morgan fingerprint density at radius 2 is 2.13 bits per heavy atom. The maximum absolute atomic E-state index is 5.63. The van der Waals surface area contributed by atoms with E-state index in [2.05, 4.69) is 39.7 Å². The summed E-state index contributed by atoms with van der Waals surface area (Å²) in [4.78, 5) is 0. The summed E-state index contributed by atoms with van der Waals surface area (Å²) in [5.74, 6) is 0.730. The van der Waals surface area contributed by atoms with Crippen LogP contribution in [0.1, 0.15) is 41.0 Å². The van der Waals surface area contributed by atoms with E-state index in [1.54, 1.807) is 0 Å². The first-order valence-corrected chi connectivity index (χ1v) is 5.61. The molecule has 3 heteroatoms. The molecule has 0 saturated heterocycles. The first kappa shape index (κ1) is 12.1. The Bertz CT molecular complexity index is 299. The van der Waals surface area contributed by atoms with Crippen LogP contribution in [0.25, 0.3) is 0 Å². The van der Waals surface area contributed by atoms with Crippen LogP contribution in [-0.2, 0) is 6.54 Å². The second-order valence-electron chi connectivity index (χ2n) is 5.25. The fourth-order valence-corrected chi connectivity index (χ4v) is 1.27. The van der Waals surface area contributed by atoms with Gasteiger partial charge < -0.3 is 4.74 Å². The summed E-state index contributed by atoms with van der Waals surface area (Å²) >= 11 is 0. The van der Waals surface area contributed by atoms with Gasteiger partial charge >= 0.3 is 0 Å². The van der Waals surface area contributed by atoms with E-state index >= 15 is 0 Å². The van der Waals surface area contributed by atoms with Crippen molar-refractivity contribution in [3.8, 4) is 5.88 Å². The van der Waals surface area contributed by atoms with Crippen LogP contribution in [0.4, 0.5) is 0 Å². The van der Waals surface area contributed by atoms with E-state index in [0.717, 1.165) is 18.8 Å². The van der Waals surface area contributed by atoms with Crippen molar-refractivity contribution in [2.45, 2.75) is 53.7 Å². The van der Waals surface area contributed by atoms with Gasteiger partial charge in [0.2, 0.25) is 5.88 Å². The molecule has 0 fully saturated rings. The van der Waals surface area contributed by atoms with Crippen LogP contribution in [0.5, 0.6) is 5.88 Å². The lowest BCUT2D eigenvalue weighted by Crippen LogP contribution is -2.16. The molecule has 0 radical (unpaired) electrons. The van der Waals surface area contributed by atoms with Crippen LogP contribution in [-0.4, -0.2) is 15.9 Å². The smallest absolute Gasteiger partial charge is 0.232 e. The minimum Gasteiger partial charge on any atom is -0.474 e. The molecule has 1 heterocycles. The second-order valence-corrected chi connectivity index (χ2v) is 5.25. The Morgan fingerprint density at radius 1 is 1.47 bits per heavy atom. The summed E-state index contributed by atoms with van der Waals surface area (Å²) in [6, 6.07) is 1.93. The van der Waals surface area contributed by atoms with E-state index in [4.69, 9.17) is 4.74 Å². The highest BCUT2D eigenvalue weighted by atomic mass is 16.5. The Hall–Kier alpha value is -0.990. The molecule has 0 spiro atoms.